The second-order valence-corrected chi connectivity index (χ2v) is 4.86. The monoisotopic (exact) mass is 256 g/mol. The zero-order valence-electron chi connectivity index (χ0n) is 11.1. The van der Waals surface area contributed by atoms with Crippen LogP contribution in [0.4, 0.5) is 11.4 Å². The maximum Gasteiger partial charge on any atom is 0.261 e. The van der Waals surface area contributed by atoms with Gasteiger partial charge >= 0.3 is 0 Å². The summed E-state index contributed by atoms with van der Waals surface area (Å²) >= 11 is 0. The maximum atomic E-state index is 12.6. The number of anilines is 2. The van der Waals surface area contributed by atoms with Crippen molar-refractivity contribution in [2.75, 3.05) is 17.2 Å². The van der Waals surface area contributed by atoms with Crippen LogP contribution in [0, 0.1) is 6.92 Å². The van der Waals surface area contributed by atoms with Gasteiger partial charge in [0.25, 0.3) is 5.91 Å². The fourth-order valence-electron chi connectivity index (χ4n) is 2.46. The minimum atomic E-state index is -0.00468. The molecule has 1 aliphatic heterocycles. The molecule has 2 N–H and O–H groups in total. The molecule has 1 aliphatic rings. The van der Waals surface area contributed by atoms with E-state index in [2.05, 4.69) is 5.10 Å². The van der Waals surface area contributed by atoms with Gasteiger partial charge in [0.1, 0.15) is 0 Å². The third-order valence-corrected chi connectivity index (χ3v) is 3.72. The molecule has 0 saturated heterocycles. The molecular weight excluding hydrogens is 240 g/mol. The first-order chi connectivity index (χ1) is 9.08. The fraction of sp³-hybridized carbons (Fsp3) is 0.286. The number of aromatic nitrogens is 2. The predicted octanol–water partition coefficient (Wildman–Crippen LogP) is 1.51. The number of rotatable bonds is 1. The van der Waals surface area contributed by atoms with Crippen molar-refractivity contribution < 1.29 is 4.79 Å². The molecule has 0 bridgehead atoms. The zero-order valence-corrected chi connectivity index (χ0v) is 11.1. The highest BCUT2D eigenvalue weighted by Crippen LogP contribution is 2.31. The summed E-state index contributed by atoms with van der Waals surface area (Å²) in [7, 11) is 1.84. The molecule has 2 aromatic rings. The summed E-state index contributed by atoms with van der Waals surface area (Å²) in [5.74, 6) is -0.00468. The standard InChI is InChI=1S/C14H16N4O/c1-9-12(8-16-17(9)2)14(19)18-6-5-10-3-4-11(15)7-13(10)18/h3-4,7-8H,5-6,15H2,1-2H3. The third kappa shape index (κ3) is 1.78. The third-order valence-electron chi connectivity index (χ3n) is 3.72. The van der Waals surface area contributed by atoms with Gasteiger partial charge in [0, 0.05) is 30.7 Å². The number of nitrogen functional groups attached to an aromatic ring is 1. The van der Waals surface area contributed by atoms with Crippen molar-refractivity contribution in [3.63, 3.8) is 0 Å². The minimum absolute atomic E-state index is 0.00468. The van der Waals surface area contributed by atoms with Crippen molar-refractivity contribution in [3.05, 3.63) is 41.2 Å². The van der Waals surface area contributed by atoms with Crippen molar-refractivity contribution in [2.24, 2.45) is 7.05 Å². The van der Waals surface area contributed by atoms with Gasteiger partial charge in [-0.15, -0.1) is 0 Å². The van der Waals surface area contributed by atoms with Gasteiger partial charge in [-0.2, -0.15) is 5.10 Å². The molecule has 0 saturated carbocycles. The second-order valence-electron chi connectivity index (χ2n) is 4.86. The Bertz CT molecular complexity index is 659. The van der Waals surface area contributed by atoms with Gasteiger partial charge < -0.3 is 10.6 Å². The van der Waals surface area contributed by atoms with Gasteiger partial charge in [0.05, 0.1) is 11.8 Å². The van der Waals surface area contributed by atoms with E-state index < -0.39 is 0 Å². The van der Waals surface area contributed by atoms with Crippen molar-refractivity contribution in [1.29, 1.82) is 0 Å². The van der Waals surface area contributed by atoms with Crippen LogP contribution >= 0.6 is 0 Å². The molecule has 5 nitrogen and oxygen atoms in total. The van der Waals surface area contributed by atoms with Crippen LogP contribution in [0.15, 0.2) is 24.4 Å². The number of nitrogens with two attached hydrogens (primary N) is 1. The number of hydrogen-bond donors (Lipinski definition) is 1. The van der Waals surface area contributed by atoms with Crippen molar-refractivity contribution in [3.8, 4) is 0 Å². The van der Waals surface area contributed by atoms with Gasteiger partial charge in [0.2, 0.25) is 0 Å². The molecule has 1 aromatic heterocycles. The van der Waals surface area contributed by atoms with E-state index in [1.807, 2.05) is 32.2 Å². The van der Waals surface area contributed by atoms with Crippen molar-refractivity contribution in [1.82, 2.24) is 9.78 Å². The molecule has 0 unspecified atom stereocenters. The van der Waals surface area contributed by atoms with Crippen molar-refractivity contribution >= 4 is 17.3 Å². The Labute approximate surface area is 111 Å². The van der Waals surface area contributed by atoms with Crippen LogP contribution in [-0.4, -0.2) is 22.2 Å². The summed E-state index contributed by atoms with van der Waals surface area (Å²) in [6, 6.07) is 5.74. The molecule has 1 amide bonds. The Hall–Kier alpha value is -2.30. The highest BCUT2D eigenvalue weighted by Gasteiger charge is 2.27. The lowest BCUT2D eigenvalue weighted by molar-refractivity contribution is 0.0988. The quantitative estimate of drug-likeness (QED) is 0.787. The molecule has 1 aromatic carbocycles. The highest BCUT2D eigenvalue weighted by atomic mass is 16.2. The molecule has 98 valence electrons. The molecule has 2 heterocycles. The van der Waals surface area contributed by atoms with Crippen molar-refractivity contribution in [2.45, 2.75) is 13.3 Å². The molecule has 0 aliphatic carbocycles. The lowest BCUT2D eigenvalue weighted by Gasteiger charge is -2.17. The molecule has 5 heteroatoms. The number of fused-ring (bicyclic) bond motifs is 1. The van der Waals surface area contributed by atoms with Gasteiger partial charge in [-0.25, -0.2) is 0 Å². The molecular formula is C14H16N4O. The van der Waals surface area contributed by atoms with Gasteiger partial charge in [-0.05, 0) is 31.0 Å². The molecule has 3 rings (SSSR count). The summed E-state index contributed by atoms with van der Waals surface area (Å²) in [5.41, 5.74) is 10.1. The number of carbonyl (C=O) groups is 1. The summed E-state index contributed by atoms with van der Waals surface area (Å²) in [4.78, 5) is 14.4. The highest BCUT2D eigenvalue weighted by molar-refractivity contribution is 6.08. The Morgan fingerprint density at radius 1 is 1.42 bits per heavy atom. The average molecular weight is 256 g/mol. The molecule has 19 heavy (non-hydrogen) atoms. The van der Waals surface area contributed by atoms with E-state index in [1.165, 1.54) is 5.56 Å². The smallest absolute Gasteiger partial charge is 0.261 e. The first-order valence-corrected chi connectivity index (χ1v) is 6.27. The van der Waals surface area contributed by atoms with Crippen LogP contribution in [0.3, 0.4) is 0 Å². The summed E-state index contributed by atoms with van der Waals surface area (Å²) in [6.45, 7) is 2.60. The minimum Gasteiger partial charge on any atom is -0.399 e. The van der Waals surface area contributed by atoms with Gasteiger partial charge in [0.15, 0.2) is 0 Å². The number of amides is 1. The molecule has 0 spiro atoms. The first kappa shape index (κ1) is 11.8. The first-order valence-electron chi connectivity index (χ1n) is 6.27. The molecule has 0 radical (unpaired) electrons. The molecule has 0 fully saturated rings. The van der Waals surface area contributed by atoms with Crippen LogP contribution in [0.5, 0.6) is 0 Å². The average Bonchev–Trinajstić information content (AvgIpc) is 2.94. The Morgan fingerprint density at radius 3 is 2.89 bits per heavy atom. The van der Waals surface area contributed by atoms with E-state index in [1.54, 1.807) is 15.8 Å². The van der Waals surface area contributed by atoms with Gasteiger partial charge in [-0.1, -0.05) is 6.07 Å². The second kappa shape index (κ2) is 4.12. The summed E-state index contributed by atoms with van der Waals surface area (Å²) in [6.07, 6.45) is 2.50. The predicted molar refractivity (Wildman–Crippen MR) is 74.2 cm³/mol. The molecule has 0 atom stereocenters. The van der Waals surface area contributed by atoms with Crippen LogP contribution in [0.1, 0.15) is 21.6 Å². The van der Waals surface area contributed by atoms with Crippen LogP contribution in [0.2, 0.25) is 0 Å². The Kier molecular flexibility index (Phi) is 2.55. The summed E-state index contributed by atoms with van der Waals surface area (Å²) < 4.78 is 1.71. The van der Waals surface area contributed by atoms with Gasteiger partial charge in [-0.3, -0.25) is 9.48 Å². The number of aryl methyl sites for hydroxylation is 1. The number of hydrogen-bond acceptors (Lipinski definition) is 3. The van der Waals surface area contributed by atoms with E-state index in [4.69, 9.17) is 5.73 Å². The lowest BCUT2D eigenvalue weighted by Crippen LogP contribution is -2.29. The Balaban J connectivity index is 2.00. The van der Waals surface area contributed by atoms with E-state index in [-0.39, 0.29) is 5.91 Å². The normalized spacial score (nSPS) is 13.7. The maximum absolute atomic E-state index is 12.6. The van der Waals surface area contributed by atoms with E-state index in [9.17, 15) is 4.79 Å². The summed E-state index contributed by atoms with van der Waals surface area (Å²) in [5, 5.41) is 4.13. The van der Waals surface area contributed by atoms with Crippen LogP contribution in [-0.2, 0) is 13.5 Å². The number of nitrogens with zero attached hydrogens (tertiary/aromatic N) is 3. The lowest BCUT2D eigenvalue weighted by atomic mass is 10.1. The SMILES string of the molecule is Cc1c(C(=O)N2CCc3ccc(N)cc32)cnn1C. The van der Waals surface area contributed by atoms with Crippen LogP contribution in [0.25, 0.3) is 0 Å². The Morgan fingerprint density at radius 2 is 2.21 bits per heavy atom. The van der Waals surface area contributed by atoms with E-state index >= 15 is 0 Å². The topological polar surface area (TPSA) is 64.2 Å². The van der Waals surface area contributed by atoms with E-state index in [0.29, 0.717) is 17.8 Å². The fourth-order valence-corrected chi connectivity index (χ4v) is 2.46. The number of carbonyl (C=O) groups excluding carboxylic acids is 1. The van der Waals surface area contributed by atoms with E-state index in [0.717, 1.165) is 17.8 Å². The van der Waals surface area contributed by atoms with Crippen LogP contribution < -0.4 is 10.6 Å². The zero-order chi connectivity index (χ0) is 13.6. The largest absolute Gasteiger partial charge is 0.399 e. The number of benzene rings is 1.